The van der Waals surface area contributed by atoms with Crippen LogP contribution in [0.1, 0.15) is 27.1 Å². The molecule has 1 atom stereocenters. The molecule has 0 aromatic heterocycles. The van der Waals surface area contributed by atoms with Gasteiger partial charge in [0.1, 0.15) is 0 Å². The second kappa shape index (κ2) is 5.82. The molecule has 0 aliphatic carbocycles. The summed E-state index contributed by atoms with van der Waals surface area (Å²) in [5.74, 6) is 0. The second-order valence-corrected chi connectivity index (χ2v) is 6.73. The highest BCUT2D eigenvalue weighted by Crippen LogP contribution is 2.38. The summed E-state index contributed by atoms with van der Waals surface area (Å²) in [4.78, 5) is 0.167. The molecule has 0 radical (unpaired) electrons. The fraction of sp³-hybridized carbons (Fsp3) is 0.158. The maximum Gasteiger partial charge on any atom is 0.0653 e. The predicted molar refractivity (Wildman–Crippen MR) is 95.6 cm³/mol. The van der Waals surface area contributed by atoms with Crippen LogP contribution in [0.2, 0.25) is 5.02 Å². The van der Waals surface area contributed by atoms with Crippen molar-refractivity contribution < 1.29 is 0 Å². The number of aryl methyl sites for hydroxylation is 2. The molecule has 21 heavy (non-hydrogen) atoms. The first-order valence-electron chi connectivity index (χ1n) is 6.96. The number of halogens is 2. The van der Waals surface area contributed by atoms with Crippen molar-refractivity contribution in [3.8, 4) is 0 Å². The molecule has 0 amide bonds. The van der Waals surface area contributed by atoms with Crippen molar-refractivity contribution in [2.24, 2.45) is 0 Å². The molecule has 0 saturated heterocycles. The van der Waals surface area contributed by atoms with E-state index in [9.17, 15) is 0 Å². The van der Waals surface area contributed by atoms with Gasteiger partial charge in [-0.25, -0.2) is 0 Å². The summed E-state index contributed by atoms with van der Waals surface area (Å²) < 4.78 is 0. The SMILES string of the molecule is Cc1cc(Cl)ccc1C(Br)c1ccc(C)c2ccccc12. The Bertz CT molecular complexity index is 808. The molecular weight excluding hydrogens is 344 g/mol. The van der Waals surface area contributed by atoms with Crippen molar-refractivity contribution in [1.29, 1.82) is 0 Å². The molecule has 1 unspecified atom stereocenters. The van der Waals surface area contributed by atoms with Crippen molar-refractivity contribution in [3.05, 3.63) is 81.9 Å². The zero-order chi connectivity index (χ0) is 15.0. The van der Waals surface area contributed by atoms with Gasteiger partial charge in [0, 0.05) is 5.02 Å². The zero-order valence-corrected chi connectivity index (χ0v) is 14.4. The molecule has 0 aliphatic rings. The van der Waals surface area contributed by atoms with E-state index in [1.807, 2.05) is 12.1 Å². The van der Waals surface area contributed by atoms with Gasteiger partial charge >= 0.3 is 0 Å². The predicted octanol–water partition coefficient (Wildman–Crippen LogP) is 6.59. The van der Waals surface area contributed by atoms with Crippen LogP contribution in [-0.4, -0.2) is 0 Å². The monoisotopic (exact) mass is 358 g/mol. The Labute approximate surface area is 138 Å². The van der Waals surface area contributed by atoms with E-state index in [0.29, 0.717) is 0 Å². The topological polar surface area (TPSA) is 0 Å². The summed E-state index contributed by atoms with van der Waals surface area (Å²) in [5, 5.41) is 3.39. The van der Waals surface area contributed by atoms with Crippen LogP contribution < -0.4 is 0 Å². The molecule has 0 N–H and O–H groups in total. The quantitative estimate of drug-likeness (QED) is 0.452. The van der Waals surface area contributed by atoms with Crippen molar-refractivity contribution in [1.82, 2.24) is 0 Å². The number of hydrogen-bond donors (Lipinski definition) is 0. The lowest BCUT2D eigenvalue weighted by Crippen LogP contribution is -1.97. The van der Waals surface area contributed by atoms with Gasteiger partial charge in [0.15, 0.2) is 0 Å². The van der Waals surface area contributed by atoms with Crippen LogP contribution >= 0.6 is 27.5 Å². The van der Waals surface area contributed by atoms with E-state index in [2.05, 4.69) is 72.2 Å². The molecule has 0 heterocycles. The summed E-state index contributed by atoms with van der Waals surface area (Å²) in [6, 6.07) is 19.0. The maximum absolute atomic E-state index is 6.07. The molecular formula is C19H16BrCl. The normalized spacial score (nSPS) is 12.6. The van der Waals surface area contributed by atoms with E-state index in [1.165, 1.54) is 33.0 Å². The number of benzene rings is 3. The molecule has 0 fully saturated rings. The average Bonchev–Trinajstić information content (AvgIpc) is 2.47. The Morgan fingerprint density at radius 2 is 1.48 bits per heavy atom. The molecule has 3 aromatic rings. The van der Waals surface area contributed by atoms with Gasteiger partial charge in [0.2, 0.25) is 0 Å². The van der Waals surface area contributed by atoms with E-state index in [0.717, 1.165) is 5.02 Å². The van der Waals surface area contributed by atoms with Gasteiger partial charge in [-0.2, -0.15) is 0 Å². The van der Waals surface area contributed by atoms with E-state index in [1.54, 1.807) is 0 Å². The first-order valence-corrected chi connectivity index (χ1v) is 8.25. The summed E-state index contributed by atoms with van der Waals surface area (Å²) in [6.07, 6.45) is 0. The van der Waals surface area contributed by atoms with E-state index >= 15 is 0 Å². The van der Waals surface area contributed by atoms with Gasteiger partial charge in [-0.1, -0.05) is 70.0 Å². The fourth-order valence-corrected chi connectivity index (χ4v) is 3.92. The lowest BCUT2D eigenvalue weighted by Gasteiger charge is -2.17. The lowest BCUT2D eigenvalue weighted by molar-refractivity contribution is 1.16. The minimum absolute atomic E-state index is 0.167. The summed E-state index contributed by atoms with van der Waals surface area (Å²) >= 11 is 9.94. The van der Waals surface area contributed by atoms with Crippen LogP contribution in [0, 0.1) is 13.8 Å². The van der Waals surface area contributed by atoms with E-state index < -0.39 is 0 Å². The highest BCUT2D eigenvalue weighted by molar-refractivity contribution is 9.09. The Hall–Kier alpha value is -1.31. The van der Waals surface area contributed by atoms with Crippen molar-refractivity contribution >= 4 is 38.3 Å². The van der Waals surface area contributed by atoms with Crippen molar-refractivity contribution in [3.63, 3.8) is 0 Å². The van der Waals surface area contributed by atoms with Gasteiger partial charge in [0.25, 0.3) is 0 Å². The molecule has 0 nitrogen and oxygen atoms in total. The molecule has 3 aromatic carbocycles. The minimum Gasteiger partial charge on any atom is -0.0843 e. The summed E-state index contributed by atoms with van der Waals surface area (Å²) in [5.41, 5.74) is 5.06. The fourth-order valence-electron chi connectivity index (χ4n) is 2.79. The molecule has 2 heteroatoms. The van der Waals surface area contributed by atoms with Crippen LogP contribution in [-0.2, 0) is 0 Å². The third kappa shape index (κ3) is 2.73. The van der Waals surface area contributed by atoms with Gasteiger partial charge in [0.05, 0.1) is 4.83 Å². The Balaban J connectivity index is 2.18. The molecule has 106 valence electrons. The molecule has 0 aliphatic heterocycles. The van der Waals surface area contributed by atoms with Gasteiger partial charge in [-0.15, -0.1) is 0 Å². The zero-order valence-electron chi connectivity index (χ0n) is 12.0. The third-order valence-corrected chi connectivity index (χ3v) is 5.18. The van der Waals surface area contributed by atoms with Gasteiger partial charge in [-0.3, -0.25) is 0 Å². The highest BCUT2D eigenvalue weighted by Gasteiger charge is 2.16. The van der Waals surface area contributed by atoms with E-state index in [4.69, 9.17) is 11.6 Å². The van der Waals surface area contributed by atoms with E-state index in [-0.39, 0.29) is 4.83 Å². The highest BCUT2D eigenvalue weighted by atomic mass is 79.9. The third-order valence-electron chi connectivity index (χ3n) is 3.95. The van der Waals surface area contributed by atoms with Crippen LogP contribution in [0.3, 0.4) is 0 Å². The molecule has 0 saturated carbocycles. The summed E-state index contributed by atoms with van der Waals surface area (Å²) in [7, 11) is 0. The minimum atomic E-state index is 0.167. The van der Waals surface area contributed by atoms with Gasteiger partial charge in [-0.05, 0) is 59.0 Å². The smallest absolute Gasteiger partial charge is 0.0653 e. The standard InChI is InChI=1S/C19H16BrCl/c1-12-7-9-18(17-6-4-3-5-15(12)17)19(20)16-10-8-14(21)11-13(16)2/h3-11,19H,1-2H3. The molecule has 0 bridgehead atoms. The Kier molecular flexibility index (Phi) is 4.05. The average molecular weight is 360 g/mol. The van der Waals surface area contributed by atoms with Crippen LogP contribution in [0.25, 0.3) is 10.8 Å². The largest absolute Gasteiger partial charge is 0.0843 e. The molecule has 0 spiro atoms. The Morgan fingerprint density at radius 1 is 0.810 bits per heavy atom. The van der Waals surface area contributed by atoms with Crippen molar-refractivity contribution in [2.45, 2.75) is 18.7 Å². The first kappa shape index (κ1) is 14.6. The number of hydrogen-bond acceptors (Lipinski definition) is 0. The van der Waals surface area contributed by atoms with Gasteiger partial charge < -0.3 is 0 Å². The number of alkyl halides is 1. The van der Waals surface area contributed by atoms with Crippen LogP contribution in [0.4, 0.5) is 0 Å². The lowest BCUT2D eigenvalue weighted by atomic mass is 9.94. The van der Waals surface area contributed by atoms with Crippen molar-refractivity contribution in [2.75, 3.05) is 0 Å². The number of rotatable bonds is 2. The number of fused-ring (bicyclic) bond motifs is 1. The molecule has 3 rings (SSSR count). The maximum atomic E-state index is 6.07. The first-order chi connectivity index (χ1) is 10.1. The second-order valence-electron chi connectivity index (χ2n) is 5.38. The van der Waals surface area contributed by atoms with Crippen LogP contribution in [0.15, 0.2) is 54.6 Å². The van der Waals surface area contributed by atoms with Crippen LogP contribution in [0.5, 0.6) is 0 Å². The Morgan fingerprint density at radius 3 is 2.19 bits per heavy atom. The summed E-state index contributed by atoms with van der Waals surface area (Å²) in [6.45, 7) is 4.26.